The van der Waals surface area contributed by atoms with Crippen LogP contribution in [0, 0.1) is 0 Å². The van der Waals surface area contributed by atoms with Gasteiger partial charge >= 0.3 is 6.03 Å². The summed E-state index contributed by atoms with van der Waals surface area (Å²) < 4.78 is 30.0. The van der Waals surface area contributed by atoms with E-state index in [9.17, 15) is 13.2 Å². The molecule has 0 atom stereocenters. The molecule has 4 aromatic rings. The number of sulfonamides is 1. The van der Waals surface area contributed by atoms with Gasteiger partial charge in [0.15, 0.2) is 0 Å². The van der Waals surface area contributed by atoms with Gasteiger partial charge in [0.05, 0.1) is 35.3 Å². The third-order valence-corrected chi connectivity index (χ3v) is 5.75. The van der Waals surface area contributed by atoms with Crippen molar-refractivity contribution in [1.29, 1.82) is 0 Å². The van der Waals surface area contributed by atoms with E-state index in [-0.39, 0.29) is 4.90 Å². The van der Waals surface area contributed by atoms with Crippen LogP contribution in [0.3, 0.4) is 0 Å². The van der Waals surface area contributed by atoms with Crippen LogP contribution in [0.4, 0.5) is 16.2 Å². The lowest BCUT2D eigenvalue weighted by atomic mass is 10.1. The van der Waals surface area contributed by atoms with E-state index >= 15 is 0 Å². The Labute approximate surface area is 190 Å². The summed E-state index contributed by atoms with van der Waals surface area (Å²) in [6, 6.07) is 21.9. The van der Waals surface area contributed by atoms with Gasteiger partial charge < -0.3 is 15.4 Å². The molecular weight excluding hydrogens is 442 g/mol. The summed E-state index contributed by atoms with van der Waals surface area (Å²) in [6.07, 6.45) is 1.53. The number of amides is 2. The van der Waals surface area contributed by atoms with Crippen LogP contribution >= 0.6 is 0 Å². The Morgan fingerprint density at radius 1 is 0.939 bits per heavy atom. The van der Waals surface area contributed by atoms with Gasteiger partial charge in [0.1, 0.15) is 5.75 Å². The molecule has 0 spiro atoms. The Balaban J connectivity index is 1.72. The lowest BCUT2D eigenvalue weighted by molar-refractivity contribution is 0.262. The number of anilines is 2. The first-order chi connectivity index (χ1) is 15.8. The second kappa shape index (κ2) is 9.15. The standard InChI is InChI=1S/C23H21N5O4S/c1-32-19-11-7-16(8-12-19)22-21(27-23(29)26-17-5-3-2-4-6-17)15-25-28(22)18-9-13-20(14-10-18)33(24,30)31/h2-15H,1H3,(H2,24,30,31)(H2,26,27,29). The number of aromatic nitrogens is 2. The van der Waals surface area contributed by atoms with Crippen molar-refractivity contribution >= 4 is 27.4 Å². The molecule has 1 heterocycles. The van der Waals surface area contributed by atoms with Gasteiger partial charge in [-0.1, -0.05) is 18.2 Å². The predicted octanol–water partition coefficient (Wildman–Crippen LogP) is 3.84. The average molecular weight is 464 g/mol. The molecule has 0 fully saturated rings. The van der Waals surface area contributed by atoms with E-state index in [1.807, 2.05) is 30.3 Å². The van der Waals surface area contributed by atoms with Crippen LogP contribution < -0.4 is 20.5 Å². The second-order valence-electron chi connectivity index (χ2n) is 7.03. The predicted molar refractivity (Wildman–Crippen MR) is 126 cm³/mol. The molecule has 10 heteroatoms. The molecule has 0 unspecified atom stereocenters. The third kappa shape index (κ3) is 5.03. The van der Waals surface area contributed by atoms with E-state index in [0.29, 0.717) is 28.5 Å². The average Bonchev–Trinajstić information content (AvgIpc) is 3.22. The summed E-state index contributed by atoms with van der Waals surface area (Å²) in [5, 5.41) is 15.2. The zero-order valence-electron chi connectivity index (χ0n) is 17.6. The first-order valence-electron chi connectivity index (χ1n) is 9.84. The van der Waals surface area contributed by atoms with Gasteiger partial charge in [0.2, 0.25) is 10.0 Å². The topological polar surface area (TPSA) is 128 Å². The molecule has 0 saturated heterocycles. The molecular formula is C23H21N5O4S. The highest BCUT2D eigenvalue weighted by molar-refractivity contribution is 7.89. The van der Waals surface area contributed by atoms with Crippen molar-refractivity contribution in [1.82, 2.24) is 9.78 Å². The normalized spacial score (nSPS) is 11.1. The number of nitrogens with one attached hydrogen (secondary N) is 2. The SMILES string of the molecule is COc1ccc(-c2c(NC(=O)Nc3ccccc3)cnn2-c2ccc(S(N)(=O)=O)cc2)cc1. The van der Waals surface area contributed by atoms with Crippen LogP contribution in [0.15, 0.2) is 90.0 Å². The van der Waals surface area contributed by atoms with Gasteiger partial charge in [-0.25, -0.2) is 23.0 Å². The Hall–Kier alpha value is -4.15. The number of primary sulfonamides is 1. The van der Waals surface area contributed by atoms with Gasteiger partial charge in [-0.15, -0.1) is 0 Å². The quantitative estimate of drug-likeness (QED) is 0.400. The van der Waals surface area contributed by atoms with Crippen molar-refractivity contribution in [2.24, 2.45) is 5.14 Å². The fraction of sp³-hybridized carbons (Fsp3) is 0.0435. The highest BCUT2D eigenvalue weighted by Gasteiger charge is 2.18. The maximum atomic E-state index is 12.6. The number of urea groups is 1. The van der Waals surface area contributed by atoms with E-state index in [1.165, 1.54) is 18.3 Å². The largest absolute Gasteiger partial charge is 0.497 e. The molecule has 33 heavy (non-hydrogen) atoms. The number of carbonyl (C=O) groups excluding carboxylic acids is 1. The second-order valence-corrected chi connectivity index (χ2v) is 8.59. The monoisotopic (exact) mass is 463 g/mol. The minimum Gasteiger partial charge on any atom is -0.497 e. The molecule has 0 aliphatic carbocycles. The molecule has 1 aromatic heterocycles. The lowest BCUT2D eigenvalue weighted by Crippen LogP contribution is -2.19. The van der Waals surface area contributed by atoms with Crippen LogP contribution in [0.2, 0.25) is 0 Å². The van der Waals surface area contributed by atoms with Gasteiger partial charge in [-0.3, -0.25) is 0 Å². The van der Waals surface area contributed by atoms with E-state index < -0.39 is 16.1 Å². The van der Waals surface area contributed by atoms with Crippen molar-refractivity contribution in [3.8, 4) is 22.7 Å². The highest BCUT2D eigenvalue weighted by atomic mass is 32.2. The first kappa shape index (κ1) is 22.1. The van der Waals surface area contributed by atoms with Crippen molar-refractivity contribution in [3.05, 3.63) is 85.1 Å². The van der Waals surface area contributed by atoms with Crippen LogP contribution in [0.25, 0.3) is 16.9 Å². The van der Waals surface area contributed by atoms with Gasteiger partial charge in [0.25, 0.3) is 0 Å². The molecule has 4 rings (SSSR count). The highest BCUT2D eigenvalue weighted by Crippen LogP contribution is 2.32. The third-order valence-electron chi connectivity index (χ3n) is 4.82. The van der Waals surface area contributed by atoms with Gasteiger partial charge in [-0.05, 0) is 60.7 Å². The van der Waals surface area contributed by atoms with E-state index in [0.717, 1.165) is 5.56 Å². The number of benzene rings is 3. The zero-order valence-corrected chi connectivity index (χ0v) is 18.4. The smallest absolute Gasteiger partial charge is 0.323 e. The molecule has 0 bridgehead atoms. The number of ether oxygens (including phenoxy) is 1. The van der Waals surface area contributed by atoms with Crippen LogP contribution in [0.5, 0.6) is 5.75 Å². The summed E-state index contributed by atoms with van der Waals surface area (Å²) in [7, 11) is -2.24. The summed E-state index contributed by atoms with van der Waals surface area (Å²) in [5.74, 6) is 0.679. The van der Waals surface area contributed by atoms with Crippen LogP contribution in [-0.2, 0) is 10.0 Å². The molecule has 0 aliphatic heterocycles. The number of hydrogen-bond donors (Lipinski definition) is 3. The van der Waals surface area contributed by atoms with E-state index in [4.69, 9.17) is 9.88 Å². The molecule has 2 amide bonds. The van der Waals surface area contributed by atoms with E-state index in [2.05, 4.69) is 15.7 Å². The molecule has 4 N–H and O–H groups in total. The van der Waals surface area contributed by atoms with Crippen LogP contribution in [-0.4, -0.2) is 31.3 Å². The van der Waals surface area contributed by atoms with Crippen molar-refractivity contribution in [2.45, 2.75) is 4.90 Å². The summed E-state index contributed by atoms with van der Waals surface area (Å²) in [4.78, 5) is 12.6. The number of rotatable bonds is 6. The van der Waals surface area contributed by atoms with Crippen molar-refractivity contribution in [2.75, 3.05) is 17.7 Å². The van der Waals surface area contributed by atoms with Crippen molar-refractivity contribution in [3.63, 3.8) is 0 Å². The zero-order chi connectivity index (χ0) is 23.4. The number of carbonyl (C=O) groups is 1. The van der Waals surface area contributed by atoms with Crippen LogP contribution in [0.1, 0.15) is 0 Å². The molecule has 9 nitrogen and oxygen atoms in total. The molecule has 0 saturated carbocycles. The van der Waals surface area contributed by atoms with E-state index in [1.54, 1.807) is 48.2 Å². The number of para-hydroxylation sites is 1. The molecule has 168 valence electrons. The summed E-state index contributed by atoms with van der Waals surface area (Å²) in [5.41, 5.74) is 3.06. The molecule has 0 aliphatic rings. The number of methoxy groups -OCH3 is 1. The Kier molecular flexibility index (Phi) is 6.11. The molecule has 0 radical (unpaired) electrons. The maximum Gasteiger partial charge on any atom is 0.323 e. The lowest BCUT2D eigenvalue weighted by Gasteiger charge is -2.12. The summed E-state index contributed by atoms with van der Waals surface area (Å²) >= 11 is 0. The summed E-state index contributed by atoms with van der Waals surface area (Å²) in [6.45, 7) is 0. The number of hydrogen-bond acceptors (Lipinski definition) is 5. The molecule has 3 aromatic carbocycles. The Morgan fingerprint density at radius 2 is 1.61 bits per heavy atom. The fourth-order valence-electron chi connectivity index (χ4n) is 3.25. The Morgan fingerprint density at radius 3 is 2.21 bits per heavy atom. The minimum atomic E-state index is -3.82. The van der Waals surface area contributed by atoms with Gasteiger partial charge in [-0.2, -0.15) is 5.10 Å². The van der Waals surface area contributed by atoms with Gasteiger partial charge in [0, 0.05) is 11.3 Å². The minimum absolute atomic E-state index is 0.00927. The van der Waals surface area contributed by atoms with Crippen molar-refractivity contribution < 1.29 is 17.9 Å². The Bertz CT molecular complexity index is 1370. The number of nitrogens with zero attached hydrogens (tertiary/aromatic N) is 2. The fourth-order valence-corrected chi connectivity index (χ4v) is 3.76. The maximum absolute atomic E-state index is 12.6. The first-order valence-corrected chi connectivity index (χ1v) is 11.4. The number of nitrogens with two attached hydrogens (primary N) is 1.